The number of primary amides is 1. The lowest BCUT2D eigenvalue weighted by atomic mass is 10.0. The molecular weight excluding hydrogens is 881 g/mol. The second kappa shape index (κ2) is 25.9. The average Bonchev–Trinajstić information content (AvgIpc) is 3.63. The molecule has 0 fully saturated rings. The Kier molecular flexibility index (Phi) is 20.4. The van der Waals surface area contributed by atoms with E-state index in [1.165, 1.54) is 6.92 Å². The number of nitrogens with two attached hydrogens (primary N) is 2. The van der Waals surface area contributed by atoms with Crippen LogP contribution in [0.4, 0.5) is 21.1 Å². The number of para-hydroxylation sites is 1. The zero-order chi connectivity index (χ0) is 50.0. The van der Waals surface area contributed by atoms with Gasteiger partial charge >= 0.3 is 12.1 Å². The van der Waals surface area contributed by atoms with Crippen molar-refractivity contribution in [3.63, 3.8) is 0 Å². The van der Waals surface area contributed by atoms with Gasteiger partial charge in [-0.05, 0) is 82.6 Å². The Balaban J connectivity index is 1.30. The first-order valence-electron chi connectivity index (χ1n) is 22.6. The number of alkyl carbamates (subject to hydrolysis) is 1. The van der Waals surface area contributed by atoms with Gasteiger partial charge in [-0.15, -0.1) is 0 Å². The summed E-state index contributed by atoms with van der Waals surface area (Å²) in [6.07, 6.45) is 0.920. The van der Waals surface area contributed by atoms with Crippen molar-refractivity contribution >= 4 is 75.1 Å². The molecule has 22 heteroatoms. The Bertz CT molecular complexity index is 2380. The Morgan fingerprint density at radius 3 is 2.12 bits per heavy atom. The number of ether oxygens (including phenoxy) is 2. The van der Waals surface area contributed by atoms with E-state index in [4.69, 9.17) is 30.9 Å². The van der Waals surface area contributed by atoms with Gasteiger partial charge in [0.2, 0.25) is 29.5 Å². The number of imidazole rings is 1. The molecular formula is C46H66N12O10. The largest absolute Gasteiger partial charge is 0.445 e. The lowest BCUT2D eigenvalue weighted by Gasteiger charge is -2.25. The highest BCUT2D eigenvalue weighted by Crippen LogP contribution is 2.32. The maximum absolute atomic E-state index is 13.8. The van der Waals surface area contributed by atoms with E-state index in [1.54, 1.807) is 52.0 Å². The maximum Gasteiger partial charge on any atom is 0.407 e. The maximum atomic E-state index is 13.8. The van der Waals surface area contributed by atoms with Crippen molar-refractivity contribution < 1.29 is 48.1 Å². The summed E-state index contributed by atoms with van der Waals surface area (Å²) < 4.78 is 13.0. The summed E-state index contributed by atoms with van der Waals surface area (Å²) in [5.74, 6) is -2.12. The molecule has 0 aliphatic heterocycles. The summed E-state index contributed by atoms with van der Waals surface area (Å²) in [6.45, 7) is 10.9. The Labute approximate surface area is 394 Å². The van der Waals surface area contributed by atoms with E-state index in [1.807, 2.05) is 35.8 Å². The number of unbranched alkanes of at least 4 members (excludes halogenated alkanes) is 1. The molecule has 0 saturated heterocycles. The van der Waals surface area contributed by atoms with Gasteiger partial charge in [0.05, 0.1) is 29.7 Å². The van der Waals surface area contributed by atoms with Crippen LogP contribution in [0.25, 0.3) is 21.9 Å². The van der Waals surface area contributed by atoms with Crippen LogP contribution in [-0.4, -0.2) is 111 Å². The molecule has 4 aromatic rings. The number of hydrogen-bond donors (Lipinski definition) is 10. The monoisotopic (exact) mass is 947 g/mol. The van der Waals surface area contributed by atoms with Crippen LogP contribution in [0.5, 0.6) is 0 Å². The number of carbonyl (C=O) groups excluding carboxylic acids is 7. The van der Waals surface area contributed by atoms with E-state index in [0.29, 0.717) is 59.5 Å². The van der Waals surface area contributed by atoms with Crippen LogP contribution in [0.15, 0.2) is 48.5 Å². The number of aromatic nitrogens is 3. The van der Waals surface area contributed by atoms with E-state index in [9.17, 15) is 38.7 Å². The second-order valence-electron chi connectivity index (χ2n) is 17.2. The molecule has 2 aromatic carbocycles. The number of rotatable bonds is 26. The van der Waals surface area contributed by atoms with Crippen molar-refractivity contribution in [2.75, 3.05) is 36.9 Å². The number of aliphatic hydroxyl groups is 1. The fraction of sp³-hybridized carbons (Fsp3) is 0.500. The third-order valence-electron chi connectivity index (χ3n) is 10.4. The number of hydrogen-bond acceptors (Lipinski definition) is 13. The summed E-state index contributed by atoms with van der Waals surface area (Å²) >= 11 is 0. The minimum Gasteiger partial charge on any atom is -0.445 e. The fourth-order valence-corrected chi connectivity index (χ4v) is 7.14. The molecule has 4 rings (SSSR count). The Morgan fingerprint density at radius 2 is 1.47 bits per heavy atom. The van der Waals surface area contributed by atoms with E-state index in [-0.39, 0.29) is 64.0 Å². The Hall–Kier alpha value is -6.91. The van der Waals surface area contributed by atoms with E-state index < -0.39 is 65.4 Å². The van der Waals surface area contributed by atoms with Crippen molar-refractivity contribution in [3.8, 4) is 0 Å². The zero-order valence-corrected chi connectivity index (χ0v) is 39.5. The van der Waals surface area contributed by atoms with Gasteiger partial charge in [-0.3, -0.25) is 24.0 Å². The number of fused-ring (bicyclic) bond motifs is 3. The molecule has 370 valence electrons. The first-order chi connectivity index (χ1) is 32.3. The average molecular weight is 947 g/mol. The molecule has 12 N–H and O–H groups in total. The summed E-state index contributed by atoms with van der Waals surface area (Å²) in [5, 5.41) is 30.3. The number of pyridine rings is 1. The Morgan fingerprint density at radius 1 is 0.809 bits per heavy atom. The number of carbonyl (C=O) groups is 7. The van der Waals surface area contributed by atoms with Crippen LogP contribution in [-0.2, 0) is 53.2 Å². The molecule has 68 heavy (non-hydrogen) atoms. The van der Waals surface area contributed by atoms with E-state index >= 15 is 0 Å². The van der Waals surface area contributed by atoms with Gasteiger partial charge in [0.25, 0.3) is 0 Å². The zero-order valence-electron chi connectivity index (χ0n) is 39.5. The number of nitrogens with one attached hydrogen (secondary N) is 7. The van der Waals surface area contributed by atoms with Crippen molar-refractivity contribution in [1.29, 1.82) is 0 Å². The quantitative estimate of drug-likeness (QED) is 0.0405. The summed E-state index contributed by atoms with van der Waals surface area (Å²) in [7, 11) is 0. The third kappa shape index (κ3) is 16.8. The molecule has 0 radical (unpaired) electrons. The lowest BCUT2D eigenvalue weighted by molar-refractivity contribution is -0.131. The highest BCUT2D eigenvalue weighted by Gasteiger charge is 2.29. The molecule has 2 heterocycles. The molecule has 0 bridgehead atoms. The van der Waals surface area contributed by atoms with E-state index in [2.05, 4.69) is 37.2 Å². The number of amides is 8. The number of benzene rings is 2. The molecule has 3 atom stereocenters. The topological polar surface area (TPSA) is 325 Å². The molecule has 22 nitrogen and oxygen atoms in total. The smallest absolute Gasteiger partial charge is 0.407 e. The number of anilines is 2. The minimum atomic E-state index is -1.10. The standard InChI is InChI=1S/C46H66N12O10/c1-7-67-25-35-55-38-39(58(35)26-46(5,6)66)31-13-8-9-14-32(31)53-40(38)57-42(62)33(51-28(4)59)15-10-11-21-50-45(65)68-24-29-17-19-30(20-18-29)52-41(61)34(16-12-22-49-44(48)64)54-43(63)37(27(2)3)56-36(60)23-47/h8-9,13-14,17-20,27,33-34,37,66H,7,10-12,15-16,21-26,47H2,1-6H3,(H,50,65)(H,51,59)(H,52,61)(H,54,63)(H,56,60)(H3,48,49,64)(H,53,57,62)/t33-,34-,37?/m0/s1. The van der Waals surface area contributed by atoms with Crippen LogP contribution in [0.2, 0.25) is 0 Å². The van der Waals surface area contributed by atoms with Crippen LogP contribution >= 0.6 is 0 Å². The number of urea groups is 1. The fourth-order valence-electron chi connectivity index (χ4n) is 7.14. The van der Waals surface area contributed by atoms with Crippen molar-refractivity contribution in [1.82, 2.24) is 41.1 Å². The summed E-state index contributed by atoms with van der Waals surface area (Å²) in [6, 6.07) is 10.3. The lowest BCUT2D eigenvalue weighted by Crippen LogP contribution is -2.55. The first-order valence-corrected chi connectivity index (χ1v) is 22.6. The van der Waals surface area contributed by atoms with Crippen LogP contribution in [0.3, 0.4) is 0 Å². The first kappa shape index (κ1) is 53.7. The highest BCUT2D eigenvalue weighted by molar-refractivity contribution is 6.10. The van der Waals surface area contributed by atoms with Gasteiger partial charge in [-0.25, -0.2) is 19.6 Å². The van der Waals surface area contributed by atoms with Crippen LogP contribution < -0.4 is 48.7 Å². The van der Waals surface area contributed by atoms with Gasteiger partial charge in [-0.1, -0.05) is 44.2 Å². The molecule has 2 aromatic heterocycles. The van der Waals surface area contributed by atoms with Crippen LogP contribution in [0, 0.1) is 5.92 Å². The van der Waals surface area contributed by atoms with E-state index in [0.717, 1.165) is 5.39 Å². The van der Waals surface area contributed by atoms with Gasteiger partial charge < -0.3 is 67.8 Å². The van der Waals surface area contributed by atoms with Crippen LogP contribution in [0.1, 0.15) is 85.0 Å². The SMILES string of the molecule is CCOCc1nc2c(NC(=O)[C@H](CCCCNC(=O)OCc3ccc(NC(=O)[C@H](CCCNC(N)=O)NC(=O)C(NC(=O)CN)C(C)C)cc3)NC(C)=O)nc3ccccc3c2n1CC(C)(C)O. The normalized spacial score (nSPS) is 12.7. The van der Waals surface area contributed by atoms with Gasteiger partial charge in [0, 0.05) is 37.7 Å². The third-order valence-corrected chi connectivity index (χ3v) is 10.4. The molecule has 0 aliphatic carbocycles. The van der Waals surface area contributed by atoms with Gasteiger partial charge in [0.1, 0.15) is 42.7 Å². The molecule has 8 amide bonds. The number of nitrogens with zero attached hydrogens (tertiary/aromatic N) is 3. The molecule has 1 unspecified atom stereocenters. The summed E-state index contributed by atoms with van der Waals surface area (Å²) in [4.78, 5) is 97.7. The van der Waals surface area contributed by atoms with Crippen molar-refractivity contribution in [2.24, 2.45) is 17.4 Å². The minimum absolute atomic E-state index is 0.0826. The predicted molar refractivity (Wildman–Crippen MR) is 255 cm³/mol. The van der Waals surface area contributed by atoms with Crippen molar-refractivity contribution in [2.45, 2.75) is 117 Å². The molecule has 0 saturated carbocycles. The molecule has 0 aliphatic rings. The predicted octanol–water partition coefficient (Wildman–Crippen LogP) is 2.40. The van der Waals surface area contributed by atoms with Gasteiger partial charge in [-0.2, -0.15) is 0 Å². The van der Waals surface area contributed by atoms with Crippen molar-refractivity contribution in [3.05, 3.63) is 59.9 Å². The summed E-state index contributed by atoms with van der Waals surface area (Å²) in [5.41, 5.74) is 12.1. The van der Waals surface area contributed by atoms with Gasteiger partial charge in [0.15, 0.2) is 5.82 Å². The second-order valence-corrected chi connectivity index (χ2v) is 17.2. The molecule has 0 spiro atoms. The highest BCUT2D eigenvalue weighted by atomic mass is 16.5.